The normalized spacial score (nSPS) is 13.0. The van der Waals surface area contributed by atoms with Crippen molar-refractivity contribution in [1.29, 1.82) is 0 Å². The van der Waals surface area contributed by atoms with Crippen LogP contribution in [0.25, 0.3) is 10.8 Å². The Kier molecular flexibility index (Phi) is 2.65. The lowest BCUT2D eigenvalue weighted by atomic mass is 10.2. The van der Waals surface area contributed by atoms with E-state index in [-0.39, 0.29) is 0 Å². The van der Waals surface area contributed by atoms with Gasteiger partial charge in [-0.15, -0.1) is 11.3 Å². The van der Waals surface area contributed by atoms with Gasteiger partial charge in [0, 0.05) is 17.0 Å². The number of hydrogen-bond acceptors (Lipinski definition) is 4. The van der Waals surface area contributed by atoms with E-state index in [1.165, 1.54) is 4.88 Å². The van der Waals surface area contributed by atoms with Crippen molar-refractivity contribution in [1.82, 2.24) is 4.98 Å². The van der Waals surface area contributed by atoms with Crippen molar-refractivity contribution in [3.63, 3.8) is 0 Å². The van der Waals surface area contributed by atoms with E-state index >= 15 is 0 Å². The molecular weight excluding hydrogens is 196 g/mol. The van der Waals surface area contributed by atoms with E-state index in [9.17, 15) is 0 Å². The number of nitrogens with two attached hydrogens (primary N) is 1. The monoisotopic (exact) mass is 208 g/mol. The van der Waals surface area contributed by atoms with Gasteiger partial charge in [-0.2, -0.15) is 0 Å². The molecule has 1 atom stereocenters. The number of rotatable bonds is 3. The van der Waals surface area contributed by atoms with Crippen LogP contribution in [0.1, 0.15) is 17.7 Å². The van der Waals surface area contributed by atoms with Crippen molar-refractivity contribution in [2.45, 2.75) is 12.8 Å². The fourth-order valence-corrected chi connectivity index (χ4v) is 2.09. The van der Waals surface area contributed by atoms with Crippen molar-refractivity contribution < 1.29 is 4.42 Å². The summed E-state index contributed by atoms with van der Waals surface area (Å²) in [6.07, 6.45) is 3.53. The van der Waals surface area contributed by atoms with Gasteiger partial charge in [0.15, 0.2) is 10.8 Å². The van der Waals surface area contributed by atoms with Gasteiger partial charge in [-0.1, -0.05) is 6.92 Å². The third kappa shape index (κ3) is 1.71. The van der Waals surface area contributed by atoms with Crippen molar-refractivity contribution in [2.24, 2.45) is 5.73 Å². The van der Waals surface area contributed by atoms with Gasteiger partial charge in [-0.05, 0) is 18.7 Å². The molecule has 0 amide bonds. The van der Waals surface area contributed by atoms with Crippen LogP contribution >= 0.6 is 11.3 Å². The molecule has 1 unspecified atom stereocenters. The first-order valence-corrected chi connectivity index (χ1v) is 5.32. The van der Waals surface area contributed by atoms with E-state index in [4.69, 9.17) is 10.2 Å². The highest BCUT2D eigenvalue weighted by Crippen LogP contribution is 2.29. The SMILES string of the molecule is CC(CN)c1cnc(-c2ccco2)s1. The third-order valence-corrected chi connectivity index (χ3v) is 3.34. The second-order valence-corrected chi connectivity index (χ2v) is 4.24. The molecule has 0 saturated heterocycles. The first-order valence-electron chi connectivity index (χ1n) is 4.51. The average molecular weight is 208 g/mol. The van der Waals surface area contributed by atoms with Gasteiger partial charge in [-0.25, -0.2) is 4.98 Å². The largest absolute Gasteiger partial charge is 0.462 e. The minimum absolute atomic E-state index is 0.371. The molecule has 0 fully saturated rings. The number of hydrogen-bond donors (Lipinski definition) is 1. The number of furan rings is 1. The standard InChI is InChI=1S/C10H12N2OS/c1-7(5-11)9-6-12-10(14-9)8-3-2-4-13-8/h2-4,6-7H,5,11H2,1H3. The van der Waals surface area contributed by atoms with Crippen LogP contribution < -0.4 is 5.73 Å². The Balaban J connectivity index is 2.26. The molecule has 0 saturated carbocycles. The molecule has 2 aromatic rings. The Morgan fingerprint density at radius 3 is 3.14 bits per heavy atom. The highest BCUT2D eigenvalue weighted by atomic mass is 32.1. The Bertz CT molecular complexity index is 394. The van der Waals surface area contributed by atoms with Crippen LogP contribution in [0.4, 0.5) is 0 Å². The maximum atomic E-state index is 5.59. The lowest BCUT2D eigenvalue weighted by Gasteiger charge is -2.01. The lowest BCUT2D eigenvalue weighted by Crippen LogP contribution is -2.07. The van der Waals surface area contributed by atoms with E-state index in [1.807, 2.05) is 18.3 Å². The van der Waals surface area contributed by atoms with Crippen LogP contribution in [0.3, 0.4) is 0 Å². The smallest absolute Gasteiger partial charge is 0.162 e. The molecule has 4 heteroatoms. The quantitative estimate of drug-likeness (QED) is 0.843. The summed E-state index contributed by atoms with van der Waals surface area (Å²) in [5.41, 5.74) is 5.59. The summed E-state index contributed by atoms with van der Waals surface area (Å²) in [6, 6.07) is 3.78. The van der Waals surface area contributed by atoms with Gasteiger partial charge in [0.1, 0.15) is 0 Å². The topological polar surface area (TPSA) is 52.0 Å². The molecule has 2 aromatic heterocycles. The van der Waals surface area contributed by atoms with Crippen molar-refractivity contribution in [3.8, 4) is 10.8 Å². The summed E-state index contributed by atoms with van der Waals surface area (Å²) < 4.78 is 5.26. The van der Waals surface area contributed by atoms with Crippen molar-refractivity contribution in [2.75, 3.05) is 6.54 Å². The second-order valence-electron chi connectivity index (χ2n) is 3.18. The molecule has 0 aliphatic rings. The maximum absolute atomic E-state index is 5.59. The molecule has 3 nitrogen and oxygen atoms in total. The van der Waals surface area contributed by atoms with E-state index < -0.39 is 0 Å². The summed E-state index contributed by atoms with van der Waals surface area (Å²) in [4.78, 5) is 5.50. The maximum Gasteiger partial charge on any atom is 0.162 e. The predicted octanol–water partition coefficient (Wildman–Crippen LogP) is 2.47. The van der Waals surface area contributed by atoms with Crippen molar-refractivity contribution in [3.05, 3.63) is 29.5 Å². The Morgan fingerprint density at radius 1 is 1.64 bits per heavy atom. The molecule has 0 radical (unpaired) electrons. The summed E-state index contributed by atoms with van der Waals surface area (Å²) in [7, 11) is 0. The Labute approximate surface area is 86.6 Å². The molecule has 0 spiro atoms. The zero-order chi connectivity index (χ0) is 9.97. The van der Waals surface area contributed by atoms with Crippen LogP contribution in [0.15, 0.2) is 29.0 Å². The van der Waals surface area contributed by atoms with Crippen molar-refractivity contribution >= 4 is 11.3 Å². The number of aromatic nitrogens is 1. The van der Waals surface area contributed by atoms with E-state index in [1.54, 1.807) is 17.6 Å². The third-order valence-electron chi connectivity index (χ3n) is 2.09. The minimum atomic E-state index is 0.371. The van der Waals surface area contributed by atoms with Gasteiger partial charge >= 0.3 is 0 Å². The number of thiazole rings is 1. The summed E-state index contributed by atoms with van der Waals surface area (Å²) in [6.45, 7) is 2.75. The molecule has 0 aliphatic heterocycles. The van der Waals surface area contributed by atoms with E-state index in [2.05, 4.69) is 11.9 Å². The molecule has 2 N–H and O–H groups in total. The number of nitrogens with zero attached hydrogens (tertiary/aromatic N) is 1. The zero-order valence-electron chi connectivity index (χ0n) is 7.93. The summed E-state index contributed by atoms with van der Waals surface area (Å²) in [5.74, 6) is 1.20. The summed E-state index contributed by atoms with van der Waals surface area (Å²) in [5, 5.41) is 0.922. The van der Waals surface area contributed by atoms with Crippen LogP contribution in [-0.2, 0) is 0 Å². The van der Waals surface area contributed by atoms with E-state index in [0.29, 0.717) is 12.5 Å². The first-order chi connectivity index (χ1) is 6.81. The molecule has 74 valence electrons. The zero-order valence-corrected chi connectivity index (χ0v) is 8.75. The lowest BCUT2D eigenvalue weighted by molar-refractivity contribution is 0.582. The van der Waals surface area contributed by atoms with Gasteiger partial charge in [0.2, 0.25) is 0 Å². The van der Waals surface area contributed by atoms with Gasteiger partial charge in [0.05, 0.1) is 6.26 Å². The second kappa shape index (κ2) is 3.94. The van der Waals surface area contributed by atoms with Crippen LogP contribution in [0.5, 0.6) is 0 Å². The molecule has 14 heavy (non-hydrogen) atoms. The van der Waals surface area contributed by atoms with Crippen LogP contribution in [0.2, 0.25) is 0 Å². The van der Waals surface area contributed by atoms with E-state index in [0.717, 1.165) is 10.8 Å². The van der Waals surface area contributed by atoms with Gasteiger partial charge in [-0.3, -0.25) is 0 Å². The molecule has 0 aromatic carbocycles. The predicted molar refractivity (Wildman–Crippen MR) is 57.3 cm³/mol. The molecule has 2 heterocycles. The minimum Gasteiger partial charge on any atom is -0.462 e. The Morgan fingerprint density at radius 2 is 2.50 bits per heavy atom. The molecular formula is C10H12N2OS. The van der Waals surface area contributed by atoms with Gasteiger partial charge in [0.25, 0.3) is 0 Å². The summed E-state index contributed by atoms with van der Waals surface area (Å²) >= 11 is 1.64. The fourth-order valence-electron chi connectivity index (χ4n) is 1.14. The first kappa shape index (κ1) is 9.43. The van der Waals surface area contributed by atoms with Crippen LogP contribution in [-0.4, -0.2) is 11.5 Å². The highest BCUT2D eigenvalue weighted by Gasteiger charge is 2.10. The Hall–Kier alpha value is -1.13. The van der Waals surface area contributed by atoms with Crippen LogP contribution in [0, 0.1) is 0 Å². The molecule has 2 rings (SSSR count). The molecule has 0 bridgehead atoms. The van der Waals surface area contributed by atoms with Gasteiger partial charge < -0.3 is 10.2 Å². The molecule has 0 aliphatic carbocycles. The highest BCUT2D eigenvalue weighted by molar-refractivity contribution is 7.15. The fraction of sp³-hybridized carbons (Fsp3) is 0.300. The average Bonchev–Trinajstić information content (AvgIpc) is 2.86.